The molecular weight excluding hydrogens is 325 g/mol. The van der Waals surface area contributed by atoms with Crippen molar-refractivity contribution in [2.75, 3.05) is 10.7 Å². The fraction of sp³-hybridized carbons (Fsp3) is 0.0714. The van der Waals surface area contributed by atoms with E-state index < -0.39 is 5.82 Å². The largest absolute Gasteiger partial charge is 0.324 e. The molecule has 0 spiro atoms. The molecule has 0 saturated carbocycles. The number of carbonyl (C=O) groups excluding carboxylic acids is 1. The quantitative estimate of drug-likeness (QED) is 0.593. The lowest BCUT2D eigenvalue weighted by atomic mass is 10.1. The van der Waals surface area contributed by atoms with Gasteiger partial charge in [0.15, 0.2) is 0 Å². The Labute approximate surface area is 124 Å². The molecule has 0 radical (unpaired) electrons. The van der Waals surface area contributed by atoms with Gasteiger partial charge < -0.3 is 10.7 Å². The van der Waals surface area contributed by atoms with Crippen LogP contribution in [0.4, 0.5) is 15.8 Å². The van der Waals surface area contributed by atoms with Gasteiger partial charge in [-0.15, -0.1) is 0 Å². The predicted octanol–water partition coefficient (Wildman–Crippen LogP) is 3.43. The highest BCUT2D eigenvalue weighted by atomic mass is 79.9. The standard InChI is InChI=1S/C14H13BrFN3O/c1-8-6-9(2-5-12(8)19-17)14(20)18-13-7-10(15)3-4-11(13)16/h2-7,19H,17H2,1H3,(H,18,20). The van der Waals surface area contributed by atoms with E-state index in [1.807, 2.05) is 6.92 Å². The fourth-order valence-corrected chi connectivity index (χ4v) is 2.12. The Morgan fingerprint density at radius 3 is 2.60 bits per heavy atom. The van der Waals surface area contributed by atoms with Gasteiger partial charge in [0, 0.05) is 10.0 Å². The number of hydrazine groups is 1. The van der Waals surface area contributed by atoms with Crippen LogP contribution in [0.15, 0.2) is 40.9 Å². The second-order valence-electron chi connectivity index (χ2n) is 4.25. The number of carbonyl (C=O) groups is 1. The molecule has 0 aliphatic rings. The molecule has 2 rings (SSSR count). The van der Waals surface area contributed by atoms with Gasteiger partial charge >= 0.3 is 0 Å². The summed E-state index contributed by atoms with van der Waals surface area (Å²) in [6.07, 6.45) is 0. The van der Waals surface area contributed by atoms with Gasteiger partial charge in [-0.25, -0.2) is 4.39 Å². The van der Waals surface area contributed by atoms with Gasteiger partial charge in [0.2, 0.25) is 0 Å². The first-order valence-electron chi connectivity index (χ1n) is 5.85. The molecule has 0 heterocycles. The van der Waals surface area contributed by atoms with E-state index in [4.69, 9.17) is 5.84 Å². The van der Waals surface area contributed by atoms with Crippen LogP contribution in [0.2, 0.25) is 0 Å². The average molecular weight is 338 g/mol. The second-order valence-corrected chi connectivity index (χ2v) is 5.17. The molecular formula is C14H13BrFN3O. The first-order chi connectivity index (χ1) is 9.51. The highest BCUT2D eigenvalue weighted by molar-refractivity contribution is 9.10. The number of halogens is 2. The van der Waals surface area contributed by atoms with Crippen LogP contribution in [0.1, 0.15) is 15.9 Å². The van der Waals surface area contributed by atoms with E-state index in [2.05, 4.69) is 26.7 Å². The number of rotatable bonds is 3. The van der Waals surface area contributed by atoms with Crippen LogP contribution in [-0.2, 0) is 0 Å². The zero-order valence-electron chi connectivity index (χ0n) is 10.7. The van der Waals surface area contributed by atoms with Crippen molar-refractivity contribution in [3.05, 3.63) is 57.8 Å². The molecule has 20 heavy (non-hydrogen) atoms. The van der Waals surface area contributed by atoms with Crippen LogP contribution in [0.5, 0.6) is 0 Å². The highest BCUT2D eigenvalue weighted by Gasteiger charge is 2.11. The first-order valence-corrected chi connectivity index (χ1v) is 6.64. The number of nitrogens with one attached hydrogen (secondary N) is 2. The number of amides is 1. The molecule has 0 aliphatic carbocycles. The van der Waals surface area contributed by atoms with E-state index in [0.717, 1.165) is 11.3 Å². The van der Waals surface area contributed by atoms with Crippen LogP contribution in [0.25, 0.3) is 0 Å². The number of nitrogens with two attached hydrogens (primary N) is 1. The molecule has 2 aromatic rings. The summed E-state index contributed by atoms with van der Waals surface area (Å²) in [7, 11) is 0. The maximum absolute atomic E-state index is 13.6. The van der Waals surface area contributed by atoms with Crippen molar-refractivity contribution in [2.24, 2.45) is 5.84 Å². The molecule has 0 bridgehead atoms. The van der Waals surface area contributed by atoms with Crippen molar-refractivity contribution in [3.8, 4) is 0 Å². The van der Waals surface area contributed by atoms with Crippen molar-refractivity contribution in [1.82, 2.24) is 0 Å². The maximum Gasteiger partial charge on any atom is 0.255 e. The number of hydrogen-bond donors (Lipinski definition) is 3. The Balaban J connectivity index is 2.24. The molecule has 6 heteroatoms. The zero-order chi connectivity index (χ0) is 14.7. The van der Waals surface area contributed by atoms with Gasteiger partial charge in [0.1, 0.15) is 5.82 Å². The number of anilines is 2. The van der Waals surface area contributed by atoms with Gasteiger partial charge in [0.05, 0.1) is 11.4 Å². The van der Waals surface area contributed by atoms with E-state index in [9.17, 15) is 9.18 Å². The number of benzene rings is 2. The summed E-state index contributed by atoms with van der Waals surface area (Å²) < 4.78 is 14.3. The fourth-order valence-electron chi connectivity index (χ4n) is 1.75. The van der Waals surface area contributed by atoms with E-state index in [1.165, 1.54) is 12.1 Å². The smallest absolute Gasteiger partial charge is 0.255 e. The number of hydrogen-bond acceptors (Lipinski definition) is 3. The molecule has 2 aromatic carbocycles. The van der Waals surface area contributed by atoms with E-state index in [0.29, 0.717) is 10.0 Å². The third-order valence-electron chi connectivity index (χ3n) is 2.82. The first kappa shape index (κ1) is 14.5. The van der Waals surface area contributed by atoms with Crippen LogP contribution in [-0.4, -0.2) is 5.91 Å². The van der Waals surface area contributed by atoms with Crippen molar-refractivity contribution < 1.29 is 9.18 Å². The molecule has 104 valence electrons. The molecule has 0 fully saturated rings. The third-order valence-corrected chi connectivity index (χ3v) is 3.31. The Hall–Kier alpha value is -1.92. The molecule has 0 atom stereocenters. The topological polar surface area (TPSA) is 67.2 Å². The zero-order valence-corrected chi connectivity index (χ0v) is 12.3. The van der Waals surface area contributed by atoms with Gasteiger partial charge in [-0.2, -0.15) is 0 Å². The lowest BCUT2D eigenvalue weighted by Gasteiger charge is -2.09. The van der Waals surface area contributed by atoms with Gasteiger partial charge in [-0.3, -0.25) is 10.6 Å². The molecule has 0 saturated heterocycles. The van der Waals surface area contributed by atoms with Crippen LogP contribution in [0, 0.1) is 12.7 Å². The number of nitrogen functional groups attached to an aromatic ring is 1. The Morgan fingerprint density at radius 2 is 1.95 bits per heavy atom. The minimum Gasteiger partial charge on any atom is -0.324 e. The number of aryl methyl sites for hydroxylation is 1. The molecule has 0 unspecified atom stereocenters. The Kier molecular flexibility index (Phi) is 4.36. The summed E-state index contributed by atoms with van der Waals surface area (Å²) in [4.78, 5) is 12.1. The summed E-state index contributed by atoms with van der Waals surface area (Å²) in [6, 6.07) is 9.36. The third kappa shape index (κ3) is 3.15. The Bertz CT molecular complexity index is 661. The van der Waals surface area contributed by atoms with Gasteiger partial charge in [-0.1, -0.05) is 15.9 Å². The predicted molar refractivity (Wildman–Crippen MR) is 81.0 cm³/mol. The highest BCUT2D eigenvalue weighted by Crippen LogP contribution is 2.21. The monoisotopic (exact) mass is 337 g/mol. The normalized spacial score (nSPS) is 10.2. The summed E-state index contributed by atoms with van der Waals surface area (Å²) in [6.45, 7) is 1.83. The van der Waals surface area contributed by atoms with Crippen LogP contribution >= 0.6 is 15.9 Å². The van der Waals surface area contributed by atoms with E-state index in [1.54, 1.807) is 24.3 Å². The summed E-state index contributed by atoms with van der Waals surface area (Å²) in [5.41, 5.74) is 4.65. The maximum atomic E-state index is 13.6. The van der Waals surface area contributed by atoms with E-state index >= 15 is 0 Å². The lowest BCUT2D eigenvalue weighted by Crippen LogP contribution is -2.14. The lowest BCUT2D eigenvalue weighted by molar-refractivity contribution is 0.102. The van der Waals surface area contributed by atoms with E-state index in [-0.39, 0.29) is 11.6 Å². The minimum absolute atomic E-state index is 0.128. The van der Waals surface area contributed by atoms with Crippen molar-refractivity contribution in [1.29, 1.82) is 0 Å². The average Bonchev–Trinajstić information content (AvgIpc) is 2.42. The molecule has 4 nitrogen and oxygen atoms in total. The van der Waals surface area contributed by atoms with Crippen molar-refractivity contribution in [2.45, 2.75) is 6.92 Å². The Morgan fingerprint density at radius 1 is 1.20 bits per heavy atom. The molecule has 1 amide bonds. The van der Waals surface area contributed by atoms with Gasteiger partial charge in [-0.05, 0) is 48.9 Å². The molecule has 4 N–H and O–H groups in total. The molecule has 0 aromatic heterocycles. The van der Waals surface area contributed by atoms with Crippen LogP contribution < -0.4 is 16.6 Å². The summed E-state index contributed by atoms with van der Waals surface area (Å²) in [5, 5.41) is 2.54. The van der Waals surface area contributed by atoms with Crippen molar-refractivity contribution >= 4 is 33.2 Å². The van der Waals surface area contributed by atoms with Crippen molar-refractivity contribution in [3.63, 3.8) is 0 Å². The second kappa shape index (κ2) is 6.02. The molecule has 0 aliphatic heterocycles. The van der Waals surface area contributed by atoms with Gasteiger partial charge in [0.25, 0.3) is 5.91 Å². The summed E-state index contributed by atoms with van der Waals surface area (Å²) in [5.74, 6) is 4.46. The summed E-state index contributed by atoms with van der Waals surface area (Å²) >= 11 is 3.23. The SMILES string of the molecule is Cc1cc(C(=O)Nc2cc(Br)ccc2F)ccc1NN. The minimum atomic E-state index is -0.487. The van der Waals surface area contributed by atoms with Crippen LogP contribution in [0.3, 0.4) is 0 Å².